The van der Waals surface area contributed by atoms with Crippen LogP contribution in [-0.4, -0.2) is 32.7 Å². The van der Waals surface area contributed by atoms with Crippen molar-refractivity contribution in [2.45, 2.75) is 26.2 Å². The van der Waals surface area contributed by atoms with Crippen molar-refractivity contribution in [2.75, 3.05) is 37.9 Å². The third kappa shape index (κ3) is 3.64. The lowest BCUT2D eigenvalue weighted by molar-refractivity contribution is 0.0992. The van der Waals surface area contributed by atoms with E-state index in [4.69, 9.17) is 15.2 Å². The molecule has 0 amide bonds. The largest absolute Gasteiger partial charge is 0.492 e. The summed E-state index contributed by atoms with van der Waals surface area (Å²) in [6, 6.07) is 0. The zero-order valence-corrected chi connectivity index (χ0v) is 12.8. The molecule has 6 heteroatoms. The Morgan fingerprint density at radius 2 is 2.25 bits per heavy atom. The van der Waals surface area contributed by atoms with E-state index in [0.717, 1.165) is 17.5 Å². The second-order valence-corrected chi connectivity index (χ2v) is 5.95. The van der Waals surface area contributed by atoms with Crippen LogP contribution in [0.3, 0.4) is 0 Å². The van der Waals surface area contributed by atoms with E-state index in [0.29, 0.717) is 35.9 Å². The van der Waals surface area contributed by atoms with E-state index in [1.54, 1.807) is 7.11 Å². The molecule has 0 radical (unpaired) electrons. The Hall–Kier alpha value is -1.27. The molecule has 3 N–H and O–H groups in total. The third-order valence-electron chi connectivity index (χ3n) is 3.26. The Labute approximate surface area is 123 Å². The number of carbonyl (C=O) groups is 1. The third-order valence-corrected chi connectivity index (χ3v) is 4.45. The first-order chi connectivity index (χ1) is 9.67. The van der Waals surface area contributed by atoms with Gasteiger partial charge in [0.2, 0.25) is 0 Å². The highest BCUT2D eigenvalue weighted by Crippen LogP contribution is 2.42. The van der Waals surface area contributed by atoms with Gasteiger partial charge in [-0.2, -0.15) is 0 Å². The average molecular weight is 298 g/mol. The van der Waals surface area contributed by atoms with Gasteiger partial charge in [0.05, 0.1) is 24.3 Å². The quantitative estimate of drug-likeness (QED) is 0.542. The average Bonchev–Trinajstić information content (AvgIpc) is 3.21. The highest BCUT2D eigenvalue weighted by Gasteiger charge is 2.22. The summed E-state index contributed by atoms with van der Waals surface area (Å²) in [5, 5.41) is 4.04. The predicted molar refractivity (Wildman–Crippen MR) is 81.9 cm³/mol. The Kier molecular flexibility index (Phi) is 5.25. The van der Waals surface area contributed by atoms with Crippen LogP contribution in [0.15, 0.2) is 0 Å². The number of carbonyl (C=O) groups excluding carboxylic acids is 1. The van der Waals surface area contributed by atoms with Crippen LogP contribution in [0.4, 0.5) is 10.7 Å². The molecule has 0 atom stereocenters. The van der Waals surface area contributed by atoms with Gasteiger partial charge in [0.1, 0.15) is 5.00 Å². The highest BCUT2D eigenvalue weighted by molar-refractivity contribution is 7.19. The monoisotopic (exact) mass is 298 g/mol. The molecule has 1 aromatic rings. The number of nitrogen functional groups attached to an aromatic ring is 1. The van der Waals surface area contributed by atoms with Gasteiger partial charge in [-0.1, -0.05) is 6.92 Å². The lowest BCUT2D eigenvalue weighted by atomic mass is 10.2. The SMILES string of the molecule is CCC(=O)c1sc(NCCOCC2CC2)c(OC)c1N. The number of thiophene rings is 1. The molecule has 0 bridgehead atoms. The summed E-state index contributed by atoms with van der Waals surface area (Å²) in [5.41, 5.74) is 6.40. The van der Waals surface area contributed by atoms with Crippen molar-refractivity contribution in [3.8, 4) is 5.75 Å². The van der Waals surface area contributed by atoms with Crippen LogP contribution in [0.5, 0.6) is 5.75 Å². The van der Waals surface area contributed by atoms with Crippen LogP contribution in [0.25, 0.3) is 0 Å². The Bertz CT molecular complexity index is 469. The van der Waals surface area contributed by atoms with Gasteiger partial charge in [-0.3, -0.25) is 4.79 Å². The number of ketones is 1. The van der Waals surface area contributed by atoms with Gasteiger partial charge in [-0.05, 0) is 18.8 Å². The van der Waals surface area contributed by atoms with E-state index < -0.39 is 0 Å². The first-order valence-electron chi connectivity index (χ1n) is 6.98. The maximum Gasteiger partial charge on any atom is 0.176 e. The highest BCUT2D eigenvalue weighted by atomic mass is 32.1. The molecule has 0 unspecified atom stereocenters. The first kappa shape index (κ1) is 15.1. The number of methoxy groups -OCH3 is 1. The van der Waals surface area contributed by atoms with Gasteiger partial charge in [0, 0.05) is 19.6 Å². The second kappa shape index (κ2) is 6.95. The van der Waals surface area contributed by atoms with Crippen LogP contribution >= 0.6 is 11.3 Å². The summed E-state index contributed by atoms with van der Waals surface area (Å²) in [6.45, 7) is 4.01. The minimum absolute atomic E-state index is 0.0452. The lowest BCUT2D eigenvalue weighted by Crippen LogP contribution is -2.10. The molecule has 0 aliphatic heterocycles. The number of ether oxygens (including phenoxy) is 2. The summed E-state index contributed by atoms with van der Waals surface area (Å²) in [7, 11) is 1.56. The summed E-state index contributed by atoms with van der Waals surface area (Å²) < 4.78 is 10.8. The molecule has 5 nitrogen and oxygen atoms in total. The number of Topliss-reactive ketones (excluding diaryl/α,β-unsaturated/α-hetero) is 1. The van der Waals surface area contributed by atoms with Gasteiger partial charge in [-0.15, -0.1) is 11.3 Å². The number of nitrogens with one attached hydrogen (secondary N) is 1. The molecule has 0 aromatic carbocycles. The van der Waals surface area contributed by atoms with E-state index in [9.17, 15) is 4.79 Å². The van der Waals surface area contributed by atoms with Crippen molar-refractivity contribution in [3.63, 3.8) is 0 Å². The molecule has 0 spiro atoms. The van der Waals surface area contributed by atoms with E-state index in [2.05, 4.69) is 5.32 Å². The number of rotatable bonds is 9. The van der Waals surface area contributed by atoms with Crippen LogP contribution in [0.2, 0.25) is 0 Å². The van der Waals surface area contributed by atoms with Crippen molar-refractivity contribution in [1.82, 2.24) is 0 Å². The van der Waals surface area contributed by atoms with E-state index in [-0.39, 0.29) is 5.78 Å². The Morgan fingerprint density at radius 1 is 1.50 bits per heavy atom. The normalized spacial score (nSPS) is 14.3. The molecular formula is C14H22N2O3S. The fraction of sp³-hybridized carbons (Fsp3) is 0.643. The Morgan fingerprint density at radius 3 is 2.85 bits per heavy atom. The number of anilines is 2. The van der Waals surface area contributed by atoms with Crippen molar-refractivity contribution in [3.05, 3.63) is 4.88 Å². The van der Waals surface area contributed by atoms with Gasteiger partial charge in [0.25, 0.3) is 0 Å². The summed E-state index contributed by atoms with van der Waals surface area (Å²) in [4.78, 5) is 12.4. The van der Waals surface area contributed by atoms with Crippen LogP contribution in [-0.2, 0) is 4.74 Å². The fourth-order valence-corrected chi connectivity index (χ4v) is 3.01. The van der Waals surface area contributed by atoms with Crippen LogP contribution in [0, 0.1) is 5.92 Å². The van der Waals surface area contributed by atoms with Crippen molar-refractivity contribution < 1.29 is 14.3 Å². The van der Waals surface area contributed by atoms with Crippen molar-refractivity contribution in [1.29, 1.82) is 0 Å². The first-order valence-corrected chi connectivity index (χ1v) is 7.80. The molecular weight excluding hydrogens is 276 g/mol. The Balaban J connectivity index is 1.89. The topological polar surface area (TPSA) is 73.6 Å². The molecule has 0 saturated heterocycles. The second-order valence-electron chi connectivity index (χ2n) is 4.93. The molecule has 1 heterocycles. The van der Waals surface area contributed by atoms with Crippen LogP contribution in [0.1, 0.15) is 35.9 Å². The molecule has 1 aliphatic rings. The molecule has 112 valence electrons. The maximum atomic E-state index is 11.8. The summed E-state index contributed by atoms with van der Waals surface area (Å²) in [6.07, 6.45) is 3.04. The molecule has 20 heavy (non-hydrogen) atoms. The molecule has 1 saturated carbocycles. The maximum absolute atomic E-state index is 11.8. The fourth-order valence-electron chi connectivity index (χ4n) is 1.89. The van der Waals surface area contributed by atoms with Crippen LogP contribution < -0.4 is 15.8 Å². The number of nitrogens with two attached hydrogens (primary N) is 1. The van der Waals surface area contributed by atoms with Crippen molar-refractivity contribution >= 4 is 27.8 Å². The van der Waals surface area contributed by atoms with Gasteiger partial charge >= 0.3 is 0 Å². The predicted octanol–water partition coefficient (Wildman–Crippen LogP) is 2.77. The smallest absolute Gasteiger partial charge is 0.176 e. The zero-order chi connectivity index (χ0) is 14.5. The number of hydrogen-bond acceptors (Lipinski definition) is 6. The summed E-state index contributed by atoms with van der Waals surface area (Å²) >= 11 is 1.35. The van der Waals surface area contributed by atoms with Gasteiger partial charge < -0.3 is 20.5 Å². The van der Waals surface area contributed by atoms with Crippen molar-refractivity contribution in [2.24, 2.45) is 5.92 Å². The molecule has 1 aromatic heterocycles. The van der Waals surface area contributed by atoms with E-state index in [1.165, 1.54) is 24.2 Å². The number of hydrogen-bond donors (Lipinski definition) is 2. The van der Waals surface area contributed by atoms with E-state index >= 15 is 0 Å². The zero-order valence-electron chi connectivity index (χ0n) is 12.0. The molecule has 1 aliphatic carbocycles. The van der Waals surface area contributed by atoms with Gasteiger partial charge in [0.15, 0.2) is 11.5 Å². The van der Waals surface area contributed by atoms with Gasteiger partial charge in [-0.25, -0.2) is 0 Å². The molecule has 2 rings (SSSR count). The van der Waals surface area contributed by atoms with E-state index in [1.807, 2.05) is 6.92 Å². The minimum atomic E-state index is 0.0452. The standard InChI is InChI=1S/C14H22N2O3S/c1-3-10(17)13-11(15)12(18-2)14(20-13)16-6-7-19-8-9-4-5-9/h9,16H,3-8,15H2,1-2H3. The summed E-state index contributed by atoms with van der Waals surface area (Å²) in [5.74, 6) is 1.38. The molecule has 1 fully saturated rings. The minimum Gasteiger partial charge on any atom is -0.492 e. The lowest BCUT2D eigenvalue weighted by Gasteiger charge is -2.07.